The summed E-state index contributed by atoms with van der Waals surface area (Å²) in [6.07, 6.45) is 4.61. The summed E-state index contributed by atoms with van der Waals surface area (Å²) < 4.78 is 0. The Bertz CT molecular complexity index is 178. The molecule has 2 atom stereocenters. The molecule has 13 heavy (non-hydrogen) atoms. The Morgan fingerprint density at radius 1 is 1.38 bits per heavy atom. The van der Waals surface area contributed by atoms with Crippen molar-refractivity contribution in [2.45, 2.75) is 44.2 Å². The van der Waals surface area contributed by atoms with Gasteiger partial charge in [0, 0.05) is 12.1 Å². The van der Waals surface area contributed by atoms with Gasteiger partial charge in [-0.3, -0.25) is 4.79 Å². The summed E-state index contributed by atoms with van der Waals surface area (Å²) in [5.41, 5.74) is 11.6. The van der Waals surface area contributed by atoms with Crippen LogP contribution >= 0.6 is 0 Å². The van der Waals surface area contributed by atoms with Gasteiger partial charge in [-0.25, -0.2) is 0 Å². The van der Waals surface area contributed by atoms with Gasteiger partial charge in [-0.05, 0) is 18.8 Å². The number of nitrogens with two attached hydrogens (primary N) is 2. The van der Waals surface area contributed by atoms with Crippen molar-refractivity contribution in [3.05, 3.63) is 0 Å². The molecule has 1 fully saturated rings. The number of aliphatic carboxylic acids is 1. The molecule has 1 rings (SSSR count). The number of carboxylic acids is 1. The molecule has 0 radical (unpaired) electrons. The zero-order valence-corrected chi connectivity index (χ0v) is 7.78. The SMILES string of the molecule is NC(CC(=O)O)C(N)C1CCCC1. The van der Waals surface area contributed by atoms with Crippen molar-refractivity contribution in [2.75, 3.05) is 0 Å². The molecular formula is C9H18N2O2. The largest absolute Gasteiger partial charge is 0.481 e. The van der Waals surface area contributed by atoms with Gasteiger partial charge in [0.15, 0.2) is 0 Å². The Kier molecular flexibility index (Phi) is 3.69. The first-order valence-corrected chi connectivity index (χ1v) is 4.84. The lowest BCUT2D eigenvalue weighted by Crippen LogP contribution is -2.46. The molecule has 2 unspecified atom stereocenters. The van der Waals surface area contributed by atoms with Crippen LogP contribution in [0.5, 0.6) is 0 Å². The second-order valence-electron chi connectivity index (χ2n) is 3.88. The highest BCUT2D eigenvalue weighted by molar-refractivity contribution is 5.67. The summed E-state index contributed by atoms with van der Waals surface area (Å²) >= 11 is 0. The summed E-state index contributed by atoms with van der Waals surface area (Å²) in [7, 11) is 0. The molecule has 4 heteroatoms. The van der Waals surface area contributed by atoms with E-state index in [-0.39, 0.29) is 18.5 Å². The van der Waals surface area contributed by atoms with E-state index in [2.05, 4.69) is 0 Å². The molecule has 1 saturated carbocycles. The minimum absolute atomic E-state index is 0.0162. The maximum atomic E-state index is 10.4. The van der Waals surface area contributed by atoms with Gasteiger partial charge in [0.05, 0.1) is 6.42 Å². The molecule has 0 heterocycles. The molecule has 0 amide bonds. The minimum Gasteiger partial charge on any atom is -0.481 e. The van der Waals surface area contributed by atoms with E-state index in [0.717, 1.165) is 12.8 Å². The monoisotopic (exact) mass is 186 g/mol. The fraction of sp³-hybridized carbons (Fsp3) is 0.889. The van der Waals surface area contributed by atoms with Crippen LogP contribution in [0.15, 0.2) is 0 Å². The molecule has 1 aliphatic rings. The molecule has 0 aromatic rings. The molecule has 0 bridgehead atoms. The zero-order chi connectivity index (χ0) is 9.84. The summed E-state index contributed by atoms with van der Waals surface area (Å²) in [5.74, 6) is -0.421. The van der Waals surface area contributed by atoms with Crippen LogP contribution < -0.4 is 11.5 Å². The van der Waals surface area contributed by atoms with Crippen LogP contribution in [0.3, 0.4) is 0 Å². The Morgan fingerprint density at radius 3 is 2.38 bits per heavy atom. The van der Waals surface area contributed by atoms with Gasteiger partial charge in [0.25, 0.3) is 0 Å². The molecule has 0 spiro atoms. The van der Waals surface area contributed by atoms with E-state index < -0.39 is 5.97 Å². The highest BCUT2D eigenvalue weighted by Crippen LogP contribution is 2.28. The fourth-order valence-electron chi connectivity index (χ4n) is 2.03. The van der Waals surface area contributed by atoms with Crippen molar-refractivity contribution in [3.63, 3.8) is 0 Å². The van der Waals surface area contributed by atoms with E-state index in [4.69, 9.17) is 16.6 Å². The second kappa shape index (κ2) is 4.58. The maximum Gasteiger partial charge on any atom is 0.304 e. The van der Waals surface area contributed by atoms with Crippen molar-refractivity contribution in [2.24, 2.45) is 17.4 Å². The quantitative estimate of drug-likeness (QED) is 0.589. The third-order valence-corrected chi connectivity index (χ3v) is 2.85. The number of hydrogen-bond donors (Lipinski definition) is 3. The van der Waals surface area contributed by atoms with Crippen LogP contribution in [0.1, 0.15) is 32.1 Å². The molecule has 1 aliphatic carbocycles. The van der Waals surface area contributed by atoms with E-state index in [1.165, 1.54) is 12.8 Å². The van der Waals surface area contributed by atoms with Crippen LogP contribution in [-0.2, 0) is 4.79 Å². The van der Waals surface area contributed by atoms with Crippen molar-refractivity contribution in [1.29, 1.82) is 0 Å². The summed E-state index contributed by atoms with van der Waals surface area (Å²) in [4.78, 5) is 10.4. The fourth-order valence-corrected chi connectivity index (χ4v) is 2.03. The zero-order valence-electron chi connectivity index (χ0n) is 7.78. The first-order valence-electron chi connectivity index (χ1n) is 4.84. The average molecular weight is 186 g/mol. The van der Waals surface area contributed by atoms with Crippen LogP contribution in [-0.4, -0.2) is 23.2 Å². The van der Waals surface area contributed by atoms with E-state index in [1.54, 1.807) is 0 Å². The molecule has 76 valence electrons. The number of hydrogen-bond acceptors (Lipinski definition) is 3. The van der Waals surface area contributed by atoms with Gasteiger partial charge in [-0.15, -0.1) is 0 Å². The molecular weight excluding hydrogens is 168 g/mol. The van der Waals surface area contributed by atoms with Gasteiger partial charge in [-0.1, -0.05) is 12.8 Å². The van der Waals surface area contributed by atoms with E-state index in [9.17, 15) is 4.79 Å². The normalized spacial score (nSPS) is 22.9. The first kappa shape index (κ1) is 10.5. The minimum atomic E-state index is -0.860. The second-order valence-corrected chi connectivity index (χ2v) is 3.88. The Labute approximate surface area is 78.3 Å². The summed E-state index contributed by atoms with van der Waals surface area (Å²) in [6, 6.07) is -0.529. The van der Waals surface area contributed by atoms with Gasteiger partial charge >= 0.3 is 5.97 Å². The Balaban J connectivity index is 2.36. The summed E-state index contributed by atoms with van der Waals surface area (Å²) in [5, 5.41) is 8.54. The van der Waals surface area contributed by atoms with Gasteiger partial charge in [0.1, 0.15) is 0 Å². The molecule has 4 nitrogen and oxygen atoms in total. The van der Waals surface area contributed by atoms with Crippen LogP contribution in [0.4, 0.5) is 0 Å². The van der Waals surface area contributed by atoms with E-state index in [1.807, 2.05) is 0 Å². The topological polar surface area (TPSA) is 89.3 Å². The van der Waals surface area contributed by atoms with Crippen LogP contribution in [0.2, 0.25) is 0 Å². The Morgan fingerprint density at radius 2 is 1.92 bits per heavy atom. The third kappa shape index (κ3) is 2.97. The third-order valence-electron chi connectivity index (χ3n) is 2.85. The van der Waals surface area contributed by atoms with E-state index in [0.29, 0.717) is 5.92 Å². The maximum absolute atomic E-state index is 10.4. The standard InChI is InChI=1S/C9H18N2O2/c10-7(5-8(12)13)9(11)6-3-1-2-4-6/h6-7,9H,1-5,10-11H2,(H,12,13). The van der Waals surface area contributed by atoms with Gasteiger partial charge in [-0.2, -0.15) is 0 Å². The van der Waals surface area contributed by atoms with Crippen molar-refractivity contribution < 1.29 is 9.90 Å². The van der Waals surface area contributed by atoms with Crippen molar-refractivity contribution >= 4 is 5.97 Å². The number of carbonyl (C=O) groups is 1. The van der Waals surface area contributed by atoms with Gasteiger partial charge in [0.2, 0.25) is 0 Å². The molecule has 5 N–H and O–H groups in total. The smallest absolute Gasteiger partial charge is 0.304 e. The highest BCUT2D eigenvalue weighted by atomic mass is 16.4. The number of rotatable bonds is 4. The average Bonchev–Trinajstić information content (AvgIpc) is 2.53. The molecule has 0 aromatic heterocycles. The lowest BCUT2D eigenvalue weighted by molar-refractivity contribution is -0.137. The lowest BCUT2D eigenvalue weighted by atomic mass is 9.91. The molecule has 0 saturated heterocycles. The Hall–Kier alpha value is -0.610. The van der Waals surface area contributed by atoms with Crippen molar-refractivity contribution in [3.8, 4) is 0 Å². The van der Waals surface area contributed by atoms with Crippen molar-refractivity contribution in [1.82, 2.24) is 0 Å². The van der Waals surface area contributed by atoms with E-state index >= 15 is 0 Å². The first-order chi connectivity index (χ1) is 6.11. The number of carboxylic acid groups (broad SMARTS) is 1. The predicted octanol–water partition coefficient (Wildman–Crippen LogP) is 0.306. The van der Waals surface area contributed by atoms with Crippen LogP contribution in [0.25, 0.3) is 0 Å². The molecule has 0 aromatic carbocycles. The molecule has 0 aliphatic heterocycles. The predicted molar refractivity (Wildman–Crippen MR) is 50.2 cm³/mol. The summed E-state index contributed by atoms with van der Waals surface area (Å²) in [6.45, 7) is 0. The lowest BCUT2D eigenvalue weighted by Gasteiger charge is -2.24. The van der Waals surface area contributed by atoms with Crippen LogP contribution in [0, 0.1) is 5.92 Å². The highest BCUT2D eigenvalue weighted by Gasteiger charge is 2.27. The van der Waals surface area contributed by atoms with Gasteiger partial charge < -0.3 is 16.6 Å².